The van der Waals surface area contributed by atoms with Crippen molar-refractivity contribution in [3.05, 3.63) is 35.6 Å². The van der Waals surface area contributed by atoms with E-state index in [4.69, 9.17) is 0 Å². The number of amides is 1. The largest absolute Gasteiger partial charge is 0.354 e. The van der Waals surface area contributed by atoms with Gasteiger partial charge in [0.2, 0.25) is 5.91 Å². The Hall–Kier alpha value is -1.46. The van der Waals surface area contributed by atoms with Gasteiger partial charge in [0.05, 0.1) is 0 Å². The fraction of sp³-hybridized carbons (Fsp3) is 0.533. The maximum Gasteiger partial charge on any atom is 0.238 e. The molecule has 1 aliphatic heterocycles. The Balaban J connectivity index is 1.42. The van der Waals surface area contributed by atoms with Crippen molar-refractivity contribution in [1.82, 2.24) is 16.2 Å². The van der Waals surface area contributed by atoms with Crippen molar-refractivity contribution in [2.24, 2.45) is 5.92 Å². The number of benzene rings is 1. The predicted molar refractivity (Wildman–Crippen MR) is 74.3 cm³/mol. The Labute approximate surface area is 118 Å². The van der Waals surface area contributed by atoms with E-state index in [-0.39, 0.29) is 17.8 Å². The molecule has 4 nitrogen and oxygen atoms in total. The highest BCUT2D eigenvalue weighted by atomic mass is 19.1. The van der Waals surface area contributed by atoms with E-state index in [0.717, 1.165) is 12.3 Å². The number of rotatable bonds is 5. The Kier molecular flexibility index (Phi) is 3.98. The van der Waals surface area contributed by atoms with Crippen LogP contribution < -0.4 is 16.2 Å². The SMILES string of the molecule is O=C(NCCc1ccccc1F)C1CC(C2CC2)NN1. The quantitative estimate of drug-likeness (QED) is 0.756. The number of hydrogen-bond acceptors (Lipinski definition) is 3. The van der Waals surface area contributed by atoms with E-state index in [1.807, 2.05) is 6.07 Å². The minimum absolute atomic E-state index is 0.00279. The van der Waals surface area contributed by atoms with E-state index >= 15 is 0 Å². The fourth-order valence-corrected chi connectivity index (χ4v) is 2.71. The first-order chi connectivity index (χ1) is 9.74. The molecule has 1 heterocycles. The van der Waals surface area contributed by atoms with E-state index in [0.29, 0.717) is 24.6 Å². The van der Waals surface area contributed by atoms with Gasteiger partial charge >= 0.3 is 0 Å². The zero-order valence-electron chi connectivity index (χ0n) is 11.4. The summed E-state index contributed by atoms with van der Waals surface area (Å²) < 4.78 is 13.4. The summed E-state index contributed by atoms with van der Waals surface area (Å²) in [5.74, 6) is 0.520. The van der Waals surface area contributed by atoms with Crippen LogP contribution in [0.1, 0.15) is 24.8 Å². The molecule has 3 rings (SSSR count). The van der Waals surface area contributed by atoms with E-state index in [1.165, 1.54) is 18.9 Å². The molecule has 3 N–H and O–H groups in total. The molecular weight excluding hydrogens is 257 g/mol. The molecule has 1 aromatic carbocycles. The van der Waals surface area contributed by atoms with Gasteiger partial charge < -0.3 is 5.32 Å². The summed E-state index contributed by atoms with van der Waals surface area (Å²) in [6.45, 7) is 0.464. The summed E-state index contributed by atoms with van der Waals surface area (Å²) in [5, 5.41) is 2.87. The molecule has 2 unspecified atom stereocenters. The van der Waals surface area contributed by atoms with Crippen LogP contribution in [-0.2, 0) is 11.2 Å². The second-order valence-corrected chi connectivity index (χ2v) is 5.65. The van der Waals surface area contributed by atoms with Crippen molar-refractivity contribution in [1.29, 1.82) is 0 Å². The zero-order valence-corrected chi connectivity index (χ0v) is 11.4. The zero-order chi connectivity index (χ0) is 13.9. The van der Waals surface area contributed by atoms with Gasteiger partial charge in [0.25, 0.3) is 0 Å². The standard InChI is InChI=1S/C15H20FN3O/c16-12-4-2-1-3-10(12)7-8-17-15(20)14-9-13(18-19-14)11-5-6-11/h1-4,11,13-14,18-19H,5-9H2,(H,17,20). The van der Waals surface area contributed by atoms with Gasteiger partial charge in [-0.25, -0.2) is 9.82 Å². The van der Waals surface area contributed by atoms with Gasteiger partial charge in [-0.2, -0.15) is 0 Å². The van der Waals surface area contributed by atoms with Crippen LogP contribution >= 0.6 is 0 Å². The molecule has 1 amide bonds. The monoisotopic (exact) mass is 277 g/mol. The van der Waals surface area contributed by atoms with Crippen LogP contribution in [0, 0.1) is 11.7 Å². The topological polar surface area (TPSA) is 53.2 Å². The number of halogens is 1. The third-order valence-corrected chi connectivity index (χ3v) is 4.09. The second-order valence-electron chi connectivity index (χ2n) is 5.65. The molecule has 5 heteroatoms. The van der Waals surface area contributed by atoms with Gasteiger partial charge in [-0.05, 0) is 43.2 Å². The molecule has 1 saturated carbocycles. The van der Waals surface area contributed by atoms with Gasteiger partial charge in [0.1, 0.15) is 11.9 Å². The number of carbonyl (C=O) groups excluding carboxylic acids is 1. The van der Waals surface area contributed by atoms with Crippen molar-refractivity contribution in [3.8, 4) is 0 Å². The van der Waals surface area contributed by atoms with Crippen LogP contribution in [0.3, 0.4) is 0 Å². The molecule has 0 radical (unpaired) electrons. The van der Waals surface area contributed by atoms with Crippen LogP contribution in [0.25, 0.3) is 0 Å². The van der Waals surface area contributed by atoms with Gasteiger partial charge in [-0.3, -0.25) is 10.2 Å². The lowest BCUT2D eigenvalue weighted by Gasteiger charge is -2.10. The highest BCUT2D eigenvalue weighted by Crippen LogP contribution is 2.35. The first-order valence-electron chi connectivity index (χ1n) is 7.26. The lowest BCUT2D eigenvalue weighted by molar-refractivity contribution is -0.122. The maximum atomic E-state index is 13.4. The minimum Gasteiger partial charge on any atom is -0.354 e. The van der Waals surface area contributed by atoms with Gasteiger partial charge in [0, 0.05) is 12.6 Å². The van der Waals surface area contributed by atoms with Crippen LogP contribution in [0.5, 0.6) is 0 Å². The minimum atomic E-state index is -0.212. The van der Waals surface area contributed by atoms with Crippen LogP contribution in [-0.4, -0.2) is 24.5 Å². The van der Waals surface area contributed by atoms with Gasteiger partial charge in [-0.15, -0.1) is 0 Å². The second kappa shape index (κ2) is 5.89. The molecule has 0 aromatic heterocycles. The van der Waals surface area contributed by atoms with Crippen molar-refractivity contribution in [2.45, 2.75) is 37.8 Å². The van der Waals surface area contributed by atoms with Crippen LogP contribution in [0.15, 0.2) is 24.3 Å². The van der Waals surface area contributed by atoms with Crippen molar-refractivity contribution in [2.75, 3.05) is 6.54 Å². The summed E-state index contributed by atoms with van der Waals surface area (Å²) in [5.41, 5.74) is 6.89. The summed E-state index contributed by atoms with van der Waals surface area (Å²) in [4.78, 5) is 12.0. The molecule has 20 heavy (non-hydrogen) atoms. The lowest BCUT2D eigenvalue weighted by atomic mass is 10.1. The lowest BCUT2D eigenvalue weighted by Crippen LogP contribution is -2.44. The van der Waals surface area contributed by atoms with E-state index in [1.54, 1.807) is 12.1 Å². The van der Waals surface area contributed by atoms with Crippen molar-refractivity contribution < 1.29 is 9.18 Å². The predicted octanol–water partition coefficient (Wildman–Crippen LogP) is 1.13. The summed E-state index contributed by atoms with van der Waals surface area (Å²) >= 11 is 0. The summed E-state index contributed by atoms with van der Waals surface area (Å²) in [7, 11) is 0. The van der Waals surface area contributed by atoms with E-state index in [9.17, 15) is 9.18 Å². The third kappa shape index (κ3) is 3.16. The highest BCUT2D eigenvalue weighted by molar-refractivity contribution is 5.82. The fourth-order valence-electron chi connectivity index (χ4n) is 2.71. The maximum absolute atomic E-state index is 13.4. The first kappa shape index (κ1) is 13.5. The molecule has 0 spiro atoms. The Morgan fingerprint density at radius 1 is 1.30 bits per heavy atom. The van der Waals surface area contributed by atoms with E-state index in [2.05, 4.69) is 16.2 Å². The summed E-state index contributed by atoms with van der Waals surface area (Å²) in [6.07, 6.45) is 3.89. The highest BCUT2D eigenvalue weighted by Gasteiger charge is 2.38. The van der Waals surface area contributed by atoms with Crippen molar-refractivity contribution >= 4 is 5.91 Å². The average Bonchev–Trinajstić information content (AvgIpc) is 3.18. The molecule has 1 aliphatic carbocycles. The number of nitrogens with one attached hydrogen (secondary N) is 3. The molecule has 2 atom stereocenters. The molecule has 0 bridgehead atoms. The number of carbonyl (C=O) groups is 1. The molecular formula is C15H20FN3O. The van der Waals surface area contributed by atoms with Crippen LogP contribution in [0.4, 0.5) is 4.39 Å². The normalized spacial score (nSPS) is 25.6. The smallest absolute Gasteiger partial charge is 0.238 e. The molecule has 1 saturated heterocycles. The Bertz CT molecular complexity index is 490. The molecule has 2 aliphatic rings. The van der Waals surface area contributed by atoms with E-state index < -0.39 is 0 Å². The molecule has 108 valence electrons. The number of hydrazine groups is 1. The first-order valence-corrected chi connectivity index (χ1v) is 7.26. The Morgan fingerprint density at radius 2 is 2.10 bits per heavy atom. The average molecular weight is 277 g/mol. The molecule has 2 fully saturated rings. The van der Waals surface area contributed by atoms with Crippen molar-refractivity contribution in [3.63, 3.8) is 0 Å². The van der Waals surface area contributed by atoms with Crippen LogP contribution in [0.2, 0.25) is 0 Å². The van der Waals surface area contributed by atoms with Gasteiger partial charge in [0.15, 0.2) is 0 Å². The summed E-state index contributed by atoms with van der Waals surface area (Å²) in [6, 6.07) is 6.94. The van der Waals surface area contributed by atoms with Gasteiger partial charge in [-0.1, -0.05) is 18.2 Å². The number of hydrogen-bond donors (Lipinski definition) is 3. The third-order valence-electron chi connectivity index (χ3n) is 4.09. The molecule has 1 aromatic rings. The Morgan fingerprint density at radius 3 is 2.85 bits per heavy atom.